The summed E-state index contributed by atoms with van der Waals surface area (Å²) >= 11 is 0. The molecule has 1 amide bonds. The number of carbonyl (C=O) groups is 1. The Labute approximate surface area is 258 Å². The van der Waals surface area contributed by atoms with Gasteiger partial charge in [0.25, 0.3) is 13.9 Å². The summed E-state index contributed by atoms with van der Waals surface area (Å²) in [7, 11) is -2.71. The number of benzene rings is 2. The molecule has 4 heterocycles. The second kappa shape index (κ2) is 12.0. The van der Waals surface area contributed by atoms with Crippen LogP contribution in [0.2, 0.25) is 5.04 Å². The Morgan fingerprint density at radius 3 is 2.30 bits per heavy atom. The first kappa shape index (κ1) is 30.4. The number of aromatic amines is 1. The topological polar surface area (TPSA) is 120 Å². The first-order valence-corrected chi connectivity index (χ1v) is 17.4. The molecule has 3 atom stereocenters. The number of amides is 1. The number of carbonyl (C=O) groups excluding carboxylic acids is 1. The van der Waals surface area contributed by atoms with Crippen molar-refractivity contribution in [3.8, 4) is 0 Å². The number of H-pyrrole nitrogens is 1. The van der Waals surface area contributed by atoms with E-state index in [1.807, 2.05) is 0 Å². The predicted molar refractivity (Wildman–Crippen MR) is 171 cm³/mol. The number of fused-ring (bicyclic) bond motifs is 1. The van der Waals surface area contributed by atoms with Crippen LogP contribution >= 0.6 is 0 Å². The summed E-state index contributed by atoms with van der Waals surface area (Å²) in [6.07, 6.45) is 6.04. The summed E-state index contributed by atoms with van der Waals surface area (Å²) in [6, 6.07) is 21.3. The molecule has 2 saturated heterocycles. The summed E-state index contributed by atoms with van der Waals surface area (Å²) in [4.78, 5) is 35.6. The highest BCUT2D eigenvalue weighted by Crippen LogP contribution is 2.43. The fourth-order valence-electron chi connectivity index (χ4n) is 6.86. The zero-order chi connectivity index (χ0) is 31.0. The average Bonchev–Trinajstić information content (AvgIpc) is 3.42. The summed E-state index contributed by atoms with van der Waals surface area (Å²) in [5.74, 6) is -1.01. The predicted octanol–water partition coefficient (Wildman–Crippen LogP) is 4.62. The molecule has 2 fully saturated rings. The van der Waals surface area contributed by atoms with Gasteiger partial charge in [0.05, 0.1) is 19.0 Å². The van der Waals surface area contributed by atoms with E-state index in [0.717, 1.165) is 38.5 Å². The summed E-state index contributed by atoms with van der Waals surface area (Å²) in [6.45, 7) is 8.67. The number of nitrogens with one attached hydrogen (secondary N) is 2. The molecule has 232 valence electrons. The van der Waals surface area contributed by atoms with E-state index in [-0.39, 0.29) is 28.5 Å². The third-order valence-corrected chi connectivity index (χ3v) is 13.8. The maximum Gasteiger partial charge on any atom is 0.280 e. The molecule has 0 saturated carbocycles. The van der Waals surface area contributed by atoms with E-state index < -0.39 is 25.9 Å². The van der Waals surface area contributed by atoms with Crippen molar-refractivity contribution in [2.24, 2.45) is 0 Å². The van der Waals surface area contributed by atoms with E-state index in [2.05, 4.69) is 102 Å². The van der Waals surface area contributed by atoms with Crippen molar-refractivity contribution in [2.75, 3.05) is 11.9 Å². The van der Waals surface area contributed by atoms with Crippen molar-refractivity contribution < 1.29 is 18.7 Å². The molecule has 4 aromatic rings. The number of ether oxygens (including phenoxy) is 2. The van der Waals surface area contributed by atoms with E-state index in [1.54, 1.807) is 10.9 Å². The van der Waals surface area contributed by atoms with Gasteiger partial charge in [-0.3, -0.25) is 24.5 Å². The van der Waals surface area contributed by atoms with Crippen LogP contribution < -0.4 is 21.2 Å². The summed E-state index contributed by atoms with van der Waals surface area (Å²) in [5.41, 5.74) is 0.142. The van der Waals surface area contributed by atoms with Crippen LogP contribution in [0.5, 0.6) is 0 Å². The van der Waals surface area contributed by atoms with Crippen LogP contribution in [0.25, 0.3) is 11.2 Å². The Balaban J connectivity index is 1.25. The molecule has 0 radical (unpaired) electrons. The molecule has 6 rings (SSSR count). The van der Waals surface area contributed by atoms with E-state index >= 15 is 0 Å². The first-order valence-electron chi connectivity index (χ1n) is 15.5. The van der Waals surface area contributed by atoms with Crippen molar-refractivity contribution in [2.45, 2.75) is 89.4 Å². The average molecular weight is 616 g/mol. The molecule has 2 aliphatic heterocycles. The first-order chi connectivity index (χ1) is 21.1. The largest absolute Gasteiger partial charge is 0.405 e. The fourth-order valence-corrected chi connectivity index (χ4v) is 11.4. The Morgan fingerprint density at radius 1 is 1.05 bits per heavy atom. The van der Waals surface area contributed by atoms with Gasteiger partial charge >= 0.3 is 0 Å². The number of hydrogen-bond acceptors (Lipinski definition) is 7. The lowest BCUT2D eigenvalue weighted by atomic mass is 9.94. The molecule has 2 aliphatic rings. The van der Waals surface area contributed by atoms with Crippen LogP contribution in [-0.2, 0) is 18.7 Å². The zero-order valence-corrected chi connectivity index (χ0v) is 26.8. The van der Waals surface area contributed by atoms with Crippen LogP contribution in [0, 0.1) is 0 Å². The van der Waals surface area contributed by atoms with Gasteiger partial charge in [-0.25, -0.2) is 4.98 Å². The van der Waals surface area contributed by atoms with Crippen molar-refractivity contribution in [1.82, 2.24) is 19.5 Å². The molecule has 0 bridgehead atoms. The van der Waals surface area contributed by atoms with Gasteiger partial charge in [0.1, 0.15) is 6.23 Å². The Kier molecular flexibility index (Phi) is 8.31. The van der Waals surface area contributed by atoms with E-state index in [4.69, 9.17) is 13.9 Å². The van der Waals surface area contributed by atoms with Crippen LogP contribution in [-0.4, -0.2) is 52.2 Å². The molecule has 2 aromatic heterocycles. The maximum atomic E-state index is 12.6. The third kappa shape index (κ3) is 5.77. The third-order valence-electron chi connectivity index (χ3n) is 8.76. The normalized spacial score (nSPS) is 22.7. The second-order valence-corrected chi connectivity index (χ2v) is 17.2. The molecule has 2 aromatic carbocycles. The summed E-state index contributed by atoms with van der Waals surface area (Å²) in [5, 5.41) is 4.91. The van der Waals surface area contributed by atoms with Crippen molar-refractivity contribution in [1.29, 1.82) is 0 Å². The van der Waals surface area contributed by atoms with E-state index in [0.29, 0.717) is 12.3 Å². The smallest absolute Gasteiger partial charge is 0.280 e. The lowest BCUT2D eigenvalue weighted by Gasteiger charge is -2.47. The van der Waals surface area contributed by atoms with Gasteiger partial charge in [-0.1, -0.05) is 81.4 Å². The SMILES string of the molecule is CC(=O)Nc1nc2c(ncn2[C@@H]2CCC[C@@]3(CCC[C@H](CO[Si](c4ccccc4)(c4ccccc4)C(C)(C)C)O3)O2)c(=O)[nH]1. The van der Waals surface area contributed by atoms with Gasteiger partial charge in [-0.2, -0.15) is 4.98 Å². The van der Waals surface area contributed by atoms with Crippen LogP contribution in [0.4, 0.5) is 5.95 Å². The zero-order valence-electron chi connectivity index (χ0n) is 25.8. The number of hydrogen-bond donors (Lipinski definition) is 2. The van der Waals surface area contributed by atoms with Crippen LogP contribution in [0.15, 0.2) is 71.8 Å². The molecular weight excluding hydrogens is 574 g/mol. The fraction of sp³-hybridized carbons (Fsp3) is 0.455. The highest BCUT2D eigenvalue weighted by atomic mass is 28.4. The number of rotatable bonds is 7. The van der Waals surface area contributed by atoms with Gasteiger partial charge in [0.2, 0.25) is 11.9 Å². The molecule has 0 unspecified atom stereocenters. The monoisotopic (exact) mass is 615 g/mol. The van der Waals surface area contributed by atoms with Crippen LogP contribution in [0.1, 0.15) is 72.4 Å². The molecular formula is C33H41N5O5Si. The quantitative estimate of drug-likeness (QED) is 0.291. The summed E-state index contributed by atoms with van der Waals surface area (Å²) < 4.78 is 22.6. The molecule has 0 aliphatic carbocycles. The number of aromatic nitrogens is 4. The van der Waals surface area contributed by atoms with E-state index in [9.17, 15) is 9.59 Å². The van der Waals surface area contributed by atoms with Gasteiger partial charge in [-0.15, -0.1) is 0 Å². The Bertz CT molecular complexity index is 1630. The molecule has 44 heavy (non-hydrogen) atoms. The number of anilines is 1. The Morgan fingerprint density at radius 2 is 1.68 bits per heavy atom. The molecule has 2 N–H and O–H groups in total. The van der Waals surface area contributed by atoms with Crippen molar-refractivity contribution >= 4 is 41.7 Å². The number of nitrogens with zero attached hydrogens (tertiary/aromatic N) is 3. The second-order valence-electron chi connectivity index (χ2n) is 12.9. The number of imidazole rings is 1. The van der Waals surface area contributed by atoms with Gasteiger partial charge in [0.15, 0.2) is 17.0 Å². The Hall–Kier alpha value is -3.64. The maximum absolute atomic E-state index is 12.6. The molecule has 1 spiro atoms. The van der Waals surface area contributed by atoms with E-state index in [1.165, 1.54) is 17.3 Å². The lowest BCUT2D eigenvalue weighted by Crippen LogP contribution is -2.67. The van der Waals surface area contributed by atoms with Gasteiger partial charge in [0, 0.05) is 19.8 Å². The van der Waals surface area contributed by atoms with Crippen molar-refractivity contribution in [3.05, 3.63) is 77.3 Å². The minimum atomic E-state index is -2.71. The standard InChI is InChI=1S/C33H41N5O5Si/c1-23(39)35-31-36-29-28(30(40)37-31)34-22-38(29)27-18-12-20-33(43-27)19-11-13-24(42-33)21-41-44(32(2,3)4,25-14-7-5-8-15-25)26-16-9-6-10-17-26/h5-10,14-17,22,24,27H,11-13,18-21H2,1-4H3,(H2,35,36,37,39,40)/t24-,27+,33-/m1/s1. The highest BCUT2D eigenvalue weighted by Gasteiger charge is 2.51. The van der Waals surface area contributed by atoms with Gasteiger partial charge in [-0.05, 0) is 41.1 Å². The van der Waals surface area contributed by atoms with Crippen molar-refractivity contribution in [3.63, 3.8) is 0 Å². The minimum Gasteiger partial charge on any atom is -0.405 e. The highest BCUT2D eigenvalue weighted by molar-refractivity contribution is 6.99. The molecule has 10 nitrogen and oxygen atoms in total. The molecule has 11 heteroatoms. The minimum absolute atomic E-state index is 0.0803. The lowest BCUT2D eigenvalue weighted by molar-refractivity contribution is -0.329. The van der Waals surface area contributed by atoms with Gasteiger partial charge < -0.3 is 13.9 Å². The van der Waals surface area contributed by atoms with Crippen LogP contribution in [0.3, 0.4) is 0 Å².